The van der Waals surface area contributed by atoms with Crippen LogP contribution in [0.25, 0.3) is 11.3 Å². The van der Waals surface area contributed by atoms with Gasteiger partial charge >= 0.3 is 6.09 Å². The fraction of sp³-hybridized carbons (Fsp3) is 0.241. The summed E-state index contributed by atoms with van der Waals surface area (Å²) in [5.41, 5.74) is 3.35. The van der Waals surface area contributed by atoms with Crippen LogP contribution in [0, 0.1) is 5.92 Å². The van der Waals surface area contributed by atoms with Gasteiger partial charge in [-0.25, -0.2) is 4.79 Å². The van der Waals surface area contributed by atoms with E-state index in [0.29, 0.717) is 12.2 Å². The van der Waals surface area contributed by atoms with E-state index >= 15 is 0 Å². The minimum Gasteiger partial charge on any atom is -0.445 e. The van der Waals surface area contributed by atoms with Gasteiger partial charge in [0, 0.05) is 30.6 Å². The third-order valence-corrected chi connectivity index (χ3v) is 8.44. The number of benzene rings is 3. The molecule has 3 aromatic carbocycles. The molecule has 0 aliphatic rings. The molecule has 0 aliphatic carbocycles. The van der Waals surface area contributed by atoms with E-state index in [9.17, 15) is 14.3 Å². The SMILES string of the molecule is CC(Cc1cc(-c2ccccc2)no1)CP(=O)(O)[C@H](Cc1ccccc1)NC(=O)OCc1ccccc1. The van der Waals surface area contributed by atoms with Crippen molar-refractivity contribution in [2.75, 3.05) is 6.16 Å². The highest BCUT2D eigenvalue weighted by atomic mass is 31.2. The van der Waals surface area contributed by atoms with Crippen molar-refractivity contribution in [3.63, 3.8) is 0 Å². The van der Waals surface area contributed by atoms with Gasteiger partial charge < -0.3 is 19.5 Å². The van der Waals surface area contributed by atoms with E-state index in [1.54, 1.807) is 0 Å². The Balaban J connectivity index is 1.41. The lowest BCUT2D eigenvalue weighted by molar-refractivity contribution is 0.138. The maximum absolute atomic E-state index is 13.6. The number of amides is 1. The topological polar surface area (TPSA) is 102 Å². The highest BCUT2D eigenvalue weighted by molar-refractivity contribution is 7.58. The Morgan fingerprint density at radius 1 is 0.946 bits per heavy atom. The molecule has 0 aliphatic heterocycles. The number of alkyl carbamates (subject to hydrolysis) is 1. The molecule has 3 atom stereocenters. The summed E-state index contributed by atoms with van der Waals surface area (Å²) in [6, 6.07) is 30.2. The molecule has 1 amide bonds. The largest absolute Gasteiger partial charge is 0.445 e. The summed E-state index contributed by atoms with van der Waals surface area (Å²) in [7, 11) is -3.84. The molecule has 0 saturated carbocycles. The second-order valence-corrected chi connectivity index (χ2v) is 11.7. The van der Waals surface area contributed by atoms with Crippen LogP contribution in [0.5, 0.6) is 0 Å². The Morgan fingerprint density at radius 2 is 1.54 bits per heavy atom. The number of carbonyl (C=O) groups excluding carboxylic acids is 1. The van der Waals surface area contributed by atoms with Gasteiger partial charge in [-0.2, -0.15) is 0 Å². The van der Waals surface area contributed by atoms with Crippen LogP contribution in [0.2, 0.25) is 0 Å². The van der Waals surface area contributed by atoms with Crippen molar-refractivity contribution in [3.8, 4) is 11.3 Å². The summed E-state index contributed by atoms with van der Waals surface area (Å²) in [5.74, 6) is -0.538. The van der Waals surface area contributed by atoms with Crippen LogP contribution in [0.15, 0.2) is 102 Å². The highest BCUT2D eigenvalue weighted by Gasteiger charge is 2.34. The molecule has 8 heteroatoms. The lowest BCUT2D eigenvalue weighted by atomic mass is 10.1. The zero-order chi connectivity index (χ0) is 26.1. The van der Waals surface area contributed by atoms with Crippen molar-refractivity contribution >= 4 is 13.5 Å². The number of ether oxygens (including phenoxy) is 1. The lowest BCUT2D eigenvalue weighted by Gasteiger charge is -2.26. The molecule has 0 radical (unpaired) electrons. The van der Waals surface area contributed by atoms with Crippen LogP contribution in [-0.4, -0.2) is 28.1 Å². The molecule has 37 heavy (non-hydrogen) atoms. The van der Waals surface area contributed by atoms with Crippen LogP contribution in [0.4, 0.5) is 4.79 Å². The van der Waals surface area contributed by atoms with Crippen LogP contribution in [0.3, 0.4) is 0 Å². The second-order valence-electron chi connectivity index (χ2n) is 9.20. The molecule has 4 aromatic rings. The fourth-order valence-corrected chi connectivity index (χ4v) is 6.25. The second kappa shape index (κ2) is 12.5. The Hall–Kier alpha value is -3.67. The minimum atomic E-state index is -3.84. The number of hydrogen-bond donors (Lipinski definition) is 2. The van der Waals surface area contributed by atoms with Gasteiger partial charge in [-0.15, -0.1) is 0 Å². The summed E-state index contributed by atoms with van der Waals surface area (Å²) in [4.78, 5) is 23.7. The molecule has 0 spiro atoms. The molecule has 2 unspecified atom stereocenters. The maximum atomic E-state index is 13.6. The molecule has 192 valence electrons. The molecular formula is C29H31N2O5P. The number of carbonyl (C=O) groups is 1. The fourth-order valence-electron chi connectivity index (χ4n) is 4.17. The van der Waals surface area contributed by atoms with Crippen LogP contribution in [0.1, 0.15) is 23.8 Å². The Morgan fingerprint density at radius 3 is 2.19 bits per heavy atom. The minimum absolute atomic E-state index is 0.00480. The van der Waals surface area contributed by atoms with Crippen molar-refractivity contribution in [2.24, 2.45) is 5.92 Å². The molecule has 7 nitrogen and oxygen atoms in total. The molecule has 0 saturated heterocycles. The van der Waals surface area contributed by atoms with E-state index in [4.69, 9.17) is 9.26 Å². The molecule has 1 aromatic heterocycles. The van der Waals surface area contributed by atoms with Gasteiger partial charge in [0.1, 0.15) is 23.8 Å². The van der Waals surface area contributed by atoms with E-state index in [-0.39, 0.29) is 25.1 Å². The molecule has 1 heterocycles. The normalized spacial score (nSPS) is 14.3. The molecule has 0 fully saturated rings. The van der Waals surface area contributed by atoms with Crippen molar-refractivity contribution in [3.05, 3.63) is 114 Å². The maximum Gasteiger partial charge on any atom is 0.408 e. The van der Waals surface area contributed by atoms with E-state index in [2.05, 4.69) is 10.5 Å². The van der Waals surface area contributed by atoms with Gasteiger partial charge in [0.05, 0.1) is 0 Å². The summed E-state index contributed by atoms with van der Waals surface area (Å²) in [6.45, 7) is 1.97. The van der Waals surface area contributed by atoms with Gasteiger partial charge in [-0.3, -0.25) is 4.57 Å². The Kier molecular flexibility index (Phi) is 8.94. The van der Waals surface area contributed by atoms with E-state index in [1.807, 2.05) is 104 Å². The number of nitrogens with one attached hydrogen (secondary N) is 1. The van der Waals surface area contributed by atoms with Gasteiger partial charge in [0.15, 0.2) is 0 Å². The first-order chi connectivity index (χ1) is 17.9. The van der Waals surface area contributed by atoms with E-state index < -0.39 is 19.2 Å². The van der Waals surface area contributed by atoms with Crippen LogP contribution >= 0.6 is 7.37 Å². The number of rotatable bonds is 11. The average molecular weight is 519 g/mol. The van der Waals surface area contributed by atoms with Gasteiger partial charge in [0.25, 0.3) is 0 Å². The first-order valence-electron chi connectivity index (χ1n) is 12.2. The number of hydrogen-bond acceptors (Lipinski definition) is 5. The van der Waals surface area contributed by atoms with Gasteiger partial charge in [0.2, 0.25) is 7.37 Å². The number of nitrogens with zero attached hydrogens (tertiary/aromatic N) is 1. The summed E-state index contributed by atoms with van der Waals surface area (Å²) in [5, 5.41) is 6.79. The highest BCUT2D eigenvalue weighted by Crippen LogP contribution is 2.48. The first-order valence-corrected chi connectivity index (χ1v) is 14.1. The third-order valence-electron chi connectivity index (χ3n) is 6.01. The van der Waals surface area contributed by atoms with Gasteiger partial charge in [-0.05, 0) is 17.0 Å². The van der Waals surface area contributed by atoms with E-state index in [1.165, 1.54) is 0 Å². The first kappa shape index (κ1) is 26.4. The summed E-state index contributed by atoms with van der Waals surface area (Å²) < 4.78 is 24.4. The number of aromatic nitrogens is 1. The lowest BCUT2D eigenvalue weighted by Crippen LogP contribution is -2.38. The zero-order valence-electron chi connectivity index (χ0n) is 20.7. The smallest absolute Gasteiger partial charge is 0.408 e. The van der Waals surface area contributed by atoms with Gasteiger partial charge in [-0.1, -0.05) is 103 Å². The van der Waals surface area contributed by atoms with Crippen molar-refractivity contribution in [1.29, 1.82) is 0 Å². The average Bonchev–Trinajstić information content (AvgIpc) is 3.37. The zero-order valence-corrected chi connectivity index (χ0v) is 21.6. The quantitative estimate of drug-likeness (QED) is 0.227. The molecule has 4 rings (SSSR count). The third kappa shape index (κ3) is 7.91. The van der Waals surface area contributed by atoms with Crippen LogP contribution in [-0.2, 0) is 28.8 Å². The Bertz CT molecular complexity index is 1310. The van der Waals surface area contributed by atoms with Crippen molar-refractivity contribution < 1.29 is 23.5 Å². The molecule has 0 bridgehead atoms. The Labute approximate surface area is 216 Å². The van der Waals surface area contributed by atoms with Crippen LogP contribution < -0.4 is 5.32 Å². The predicted octanol–water partition coefficient (Wildman–Crippen LogP) is 6.29. The molecule has 2 N–H and O–H groups in total. The summed E-state index contributed by atoms with van der Waals surface area (Å²) in [6.07, 6.45) is -0.0667. The van der Waals surface area contributed by atoms with Crippen molar-refractivity contribution in [2.45, 2.75) is 32.2 Å². The molecular weight excluding hydrogens is 487 g/mol. The predicted molar refractivity (Wildman–Crippen MR) is 143 cm³/mol. The monoisotopic (exact) mass is 518 g/mol. The van der Waals surface area contributed by atoms with E-state index in [0.717, 1.165) is 22.4 Å². The van der Waals surface area contributed by atoms with Crippen molar-refractivity contribution in [1.82, 2.24) is 10.5 Å². The standard InChI is InChI=1S/C29H31N2O5P/c1-22(17-26-19-27(31-36-26)25-15-9-4-10-16-25)21-37(33,34)28(18-23-11-5-2-6-12-23)30-29(32)35-20-24-13-7-3-8-14-24/h2-16,19,22,28H,17-18,20-21H2,1H3,(H,30,32)(H,33,34)/t22?,28-/m1/s1. The summed E-state index contributed by atoms with van der Waals surface area (Å²) >= 11 is 0.